The molecule has 3 N–H and O–H groups in total. The number of nitrogens with one attached hydrogen (secondary N) is 2. The second kappa shape index (κ2) is 6.28. The van der Waals surface area contributed by atoms with Gasteiger partial charge in [-0.1, -0.05) is 13.3 Å². The molecule has 0 bridgehead atoms. The van der Waals surface area contributed by atoms with E-state index in [0.29, 0.717) is 6.54 Å². The molecule has 0 aromatic rings. The summed E-state index contributed by atoms with van der Waals surface area (Å²) >= 11 is 0. The molecule has 0 aliphatic carbocycles. The lowest BCUT2D eigenvalue weighted by atomic mass is 10.3. The van der Waals surface area contributed by atoms with Crippen LogP contribution in [0.2, 0.25) is 0 Å². The number of rotatable bonds is 5. The Morgan fingerprint density at radius 1 is 1.46 bits per heavy atom. The van der Waals surface area contributed by atoms with Crippen LogP contribution in [0.4, 0.5) is 4.79 Å². The average molecular weight is 188 g/mol. The van der Waals surface area contributed by atoms with Crippen LogP contribution in [0.15, 0.2) is 0 Å². The van der Waals surface area contributed by atoms with E-state index >= 15 is 0 Å². The molecule has 76 valence electrons. The van der Waals surface area contributed by atoms with Crippen molar-refractivity contribution in [1.82, 2.24) is 10.6 Å². The third kappa shape index (κ3) is 5.95. The van der Waals surface area contributed by atoms with Gasteiger partial charge in [-0.2, -0.15) is 0 Å². The Morgan fingerprint density at radius 2 is 2.08 bits per heavy atom. The fraction of sp³-hybridized carbons (Fsp3) is 0.750. The van der Waals surface area contributed by atoms with Crippen molar-refractivity contribution in [2.75, 3.05) is 6.54 Å². The first-order valence-electron chi connectivity index (χ1n) is 4.35. The average Bonchev–Trinajstić information content (AvgIpc) is 2.04. The molecule has 0 fully saturated rings. The summed E-state index contributed by atoms with van der Waals surface area (Å²) < 4.78 is 0. The summed E-state index contributed by atoms with van der Waals surface area (Å²) in [5, 5.41) is 13.3. The minimum Gasteiger partial charge on any atom is -0.480 e. The van der Waals surface area contributed by atoms with Crippen molar-refractivity contribution >= 4 is 12.0 Å². The van der Waals surface area contributed by atoms with Crippen molar-refractivity contribution in [3.05, 3.63) is 0 Å². The Morgan fingerprint density at radius 3 is 2.54 bits per heavy atom. The molecule has 0 radical (unpaired) electrons. The predicted octanol–water partition coefficient (Wildman–Crippen LogP) is 0.559. The van der Waals surface area contributed by atoms with Crippen LogP contribution >= 0.6 is 0 Å². The van der Waals surface area contributed by atoms with Crippen LogP contribution in [0, 0.1) is 0 Å². The monoisotopic (exact) mass is 188 g/mol. The quantitative estimate of drug-likeness (QED) is 0.551. The number of carboxylic acids is 1. The van der Waals surface area contributed by atoms with Crippen LogP contribution in [-0.2, 0) is 4.79 Å². The van der Waals surface area contributed by atoms with Gasteiger partial charge >= 0.3 is 12.0 Å². The molecule has 0 rings (SSSR count). The van der Waals surface area contributed by atoms with Crippen molar-refractivity contribution in [2.45, 2.75) is 32.7 Å². The van der Waals surface area contributed by atoms with Crippen LogP contribution in [0.3, 0.4) is 0 Å². The summed E-state index contributed by atoms with van der Waals surface area (Å²) in [4.78, 5) is 21.3. The number of aliphatic carboxylic acids is 1. The zero-order valence-electron chi connectivity index (χ0n) is 7.96. The smallest absolute Gasteiger partial charge is 0.325 e. The first kappa shape index (κ1) is 11.7. The number of unbranched alkanes of at least 4 members (excludes halogenated alkanes) is 1. The molecule has 0 aliphatic rings. The van der Waals surface area contributed by atoms with Crippen LogP contribution < -0.4 is 10.6 Å². The number of urea groups is 1. The van der Waals surface area contributed by atoms with Gasteiger partial charge < -0.3 is 15.7 Å². The van der Waals surface area contributed by atoms with Gasteiger partial charge in [0.2, 0.25) is 0 Å². The molecular formula is C8H16N2O3. The lowest BCUT2D eigenvalue weighted by Gasteiger charge is -2.09. The van der Waals surface area contributed by atoms with E-state index in [1.165, 1.54) is 6.92 Å². The van der Waals surface area contributed by atoms with Crippen molar-refractivity contribution in [1.29, 1.82) is 0 Å². The molecule has 5 nitrogen and oxygen atoms in total. The fourth-order valence-corrected chi connectivity index (χ4v) is 0.688. The van der Waals surface area contributed by atoms with Crippen molar-refractivity contribution in [3.63, 3.8) is 0 Å². The molecule has 0 aromatic heterocycles. The Bertz CT molecular complexity index is 182. The molecule has 0 aliphatic heterocycles. The maximum Gasteiger partial charge on any atom is 0.325 e. The standard InChI is InChI=1S/C8H16N2O3/c1-3-4-5-9-8(13)10-6(2)7(11)12/h6H,3-5H2,1-2H3,(H,11,12)(H2,9,10,13)/t6-/m1/s1. The van der Waals surface area contributed by atoms with E-state index in [0.717, 1.165) is 12.8 Å². The van der Waals surface area contributed by atoms with E-state index in [9.17, 15) is 9.59 Å². The van der Waals surface area contributed by atoms with E-state index in [4.69, 9.17) is 5.11 Å². The Labute approximate surface area is 77.5 Å². The summed E-state index contributed by atoms with van der Waals surface area (Å²) in [7, 11) is 0. The maximum atomic E-state index is 10.9. The summed E-state index contributed by atoms with van der Waals surface area (Å²) in [5.41, 5.74) is 0. The molecule has 0 saturated heterocycles. The summed E-state index contributed by atoms with van der Waals surface area (Å²) in [6.07, 6.45) is 1.89. The highest BCUT2D eigenvalue weighted by Gasteiger charge is 2.12. The van der Waals surface area contributed by atoms with Gasteiger partial charge in [0.25, 0.3) is 0 Å². The van der Waals surface area contributed by atoms with Gasteiger partial charge in [0.1, 0.15) is 6.04 Å². The molecule has 0 spiro atoms. The number of hydrogen-bond donors (Lipinski definition) is 3. The van der Waals surface area contributed by atoms with E-state index in [2.05, 4.69) is 10.6 Å². The van der Waals surface area contributed by atoms with Gasteiger partial charge in [0.05, 0.1) is 0 Å². The van der Waals surface area contributed by atoms with Gasteiger partial charge in [-0.15, -0.1) is 0 Å². The Balaban J connectivity index is 3.56. The normalized spacial score (nSPS) is 11.8. The molecule has 0 unspecified atom stereocenters. The van der Waals surface area contributed by atoms with Crippen molar-refractivity contribution < 1.29 is 14.7 Å². The molecule has 5 heteroatoms. The predicted molar refractivity (Wildman–Crippen MR) is 48.5 cm³/mol. The molecule has 0 saturated carbocycles. The Hall–Kier alpha value is -1.26. The lowest BCUT2D eigenvalue weighted by Crippen LogP contribution is -2.44. The minimum absolute atomic E-state index is 0.427. The number of carboxylic acid groups (broad SMARTS) is 1. The third-order valence-corrected chi connectivity index (χ3v) is 1.53. The van der Waals surface area contributed by atoms with Crippen molar-refractivity contribution in [3.8, 4) is 0 Å². The summed E-state index contributed by atoms with van der Waals surface area (Å²) in [6, 6.07) is -1.27. The first-order chi connectivity index (χ1) is 6.07. The Kier molecular flexibility index (Phi) is 5.67. The van der Waals surface area contributed by atoms with Crippen LogP contribution in [0.5, 0.6) is 0 Å². The zero-order valence-corrected chi connectivity index (χ0v) is 7.96. The van der Waals surface area contributed by atoms with Crippen LogP contribution in [-0.4, -0.2) is 29.7 Å². The van der Waals surface area contributed by atoms with Gasteiger partial charge in [-0.25, -0.2) is 4.79 Å². The summed E-state index contributed by atoms with van der Waals surface area (Å²) in [6.45, 7) is 4.01. The maximum absolute atomic E-state index is 10.9. The number of carbonyl (C=O) groups excluding carboxylic acids is 1. The first-order valence-corrected chi connectivity index (χ1v) is 4.35. The molecule has 0 aromatic carbocycles. The van der Waals surface area contributed by atoms with Gasteiger partial charge in [-0.3, -0.25) is 4.79 Å². The number of carbonyl (C=O) groups is 2. The SMILES string of the molecule is CCCCNC(=O)N[C@H](C)C(=O)O. The van der Waals surface area contributed by atoms with E-state index in [1.54, 1.807) is 0 Å². The zero-order chi connectivity index (χ0) is 10.3. The molecule has 13 heavy (non-hydrogen) atoms. The summed E-state index contributed by atoms with van der Waals surface area (Å²) in [5.74, 6) is -1.04. The highest BCUT2D eigenvalue weighted by atomic mass is 16.4. The van der Waals surface area contributed by atoms with E-state index in [1.807, 2.05) is 6.92 Å². The second-order valence-electron chi connectivity index (χ2n) is 2.81. The fourth-order valence-electron chi connectivity index (χ4n) is 0.688. The number of amides is 2. The van der Waals surface area contributed by atoms with Crippen molar-refractivity contribution in [2.24, 2.45) is 0 Å². The molecule has 2 amide bonds. The molecule has 1 atom stereocenters. The molecular weight excluding hydrogens is 172 g/mol. The van der Waals surface area contributed by atoms with Crippen LogP contribution in [0.1, 0.15) is 26.7 Å². The highest BCUT2D eigenvalue weighted by Crippen LogP contribution is 1.84. The van der Waals surface area contributed by atoms with Gasteiger partial charge in [0.15, 0.2) is 0 Å². The third-order valence-electron chi connectivity index (χ3n) is 1.53. The molecule has 0 heterocycles. The minimum atomic E-state index is -1.04. The lowest BCUT2D eigenvalue weighted by molar-refractivity contribution is -0.138. The van der Waals surface area contributed by atoms with Gasteiger partial charge in [0, 0.05) is 6.54 Å². The second-order valence-corrected chi connectivity index (χ2v) is 2.81. The van der Waals surface area contributed by atoms with Crippen LogP contribution in [0.25, 0.3) is 0 Å². The number of hydrogen-bond acceptors (Lipinski definition) is 2. The van der Waals surface area contributed by atoms with E-state index in [-0.39, 0.29) is 0 Å². The van der Waals surface area contributed by atoms with E-state index < -0.39 is 18.0 Å². The topological polar surface area (TPSA) is 78.4 Å². The van der Waals surface area contributed by atoms with Gasteiger partial charge in [-0.05, 0) is 13.3 Å². The largest absolute Gasteiger partial charge is 0.480 e. The highest BCUT2D eigenvalue weighted by molar-refractivity contribution is 5.82.